The number of halogens is 3. The smallest absolute Gasteiger partial charge is 0.408 e. The summed E-state index contributed by atoms with van der Waals surface area (Å²) in [6.07, 6.45) is -4.44. The van der Waals surface area contributed by atoms with Crippen LogP contribution >= 0.6 is 0 Å². The molecule has 0 aliphatic rings. The normalized spacial score (nSPS) is 12.7. The average molecular weight is 383 g/mol. The Morgan fingerprint density at radius 1 is 1.22 bits per heavy atom. The lowest BCUT2D eigenvalue weighted by Crippen LogP contribution is -2.38. The van der Waals surface area contributed by atoms with E-state index in [-0.39, 0.29) is 5.69 Å². The number of aryl methyl sites for hydroxylation is 1. The summed E-state index contributed by atoms with van der Waals surface area (Å²) in [4.78, 5) is 25.3. The third-order valence-corrected chi connectivity index (χ3v) is 4.20. The van der Waals surface area contributed by atoms with Gasteiger partial charge in [0.25, 0.3) is 0 Å². The number of amides is 1. The Labute approximate surface area is 154 Å². The number of para-hydroxylation sites is 1. The summed E-state index contributed by atoms with van der Waals surface area (Å²) in [5.74, 6) is -2.58. The lowest BCUT2D eigenvalue weighted by Gasteiger charge is -2.24. The van der Waals surface area contributed by atoms with Crippen LogP contribution in [0.4, 0.5) is 18.9 Å². The van der Waals surface area contributed by atoms with Crippen LogP contribution in [0.1, 0.15) is 29.8 Å². The summed E-state index contributed by atoms with van der Waals surface area (Å²) in [6.45, 7) is 2.73. The highest BCUT2D eigenvalue weighted by Crippen LogP contribution is 2.29. The summed E-state index contributed by atoms with van der Waals surface area (Å²) in [6, 6.07) is 8.26. The van der Waals surface area contributed by atoms with E-state index in [2.05, 4.69) is 5.10 Å². The van der Waals surface area contributed by atoms with Crippen molar-refractivity contribution in [1.82, 2.24) is 9.78 Å². The van der Waals surface area contributed by atoms with E-state index >= 15 is 0 Å². The van der Waals surface area contributed by atoms with Crippen LogP contribution < -0.4 is 4.90 Å². The number of nitrogens with zero attached hydrogens (tertiary/aromatic N) is 3. The molecule has 1 N–H and O–H groups in total. The van der Waals surface area contributed by atoms with Gasteiger partial charge in [0.1, 0.15) is 13.1 Å². The lowest BCUT2D eigenvalue weighted by molar-refractivity contribution is -0.143. The number of carbonyl (C=O) groups excluding carboxylic acids is 1. The molecule has 0 radical (unpaired) electrons. The molecule has 2 aromatic rings. The SMILES string of the molecule is Cc1nn(CC(F)(F)F)c(C)c1C(C)C(=O)N(CC(=O)O)c1ccccc1. The molecule has 1 unspecified atom stereocenters. The number of anilines is 1. The van der Waals surface area contributed by atoms with Crippen molar-refractivity contribution in [2.45, 2.75) is 39.4 Å². The zero-order chi connectivity index (χ0) is 20.4. The summed E-state index contributed by atoms with van der Waals surface area (Å²) in [5, 5.41) is 13.1. The van der Waals surface area contributed by atoms with E-state index in [1.54, 1.807) is 30.3 Å². The van der Waals surface area contributed by atoms with Crippen LogP contribution in [-0.2, 0) is 16.1 Å². The van der Waals surface area contributed by atoms with E-state index in [0.717, 1.165) is 9.58 Å². The molecule has 1 amide bonds. The fourth-order valence-electron chi connectivity index (χ4n) is 3.06. The molecule has 2 rings (SSSR count). The van der Waals surface area contributed by atoms with E-state index < -0.39 is 37.1 Å². The Bertz CT molecular complexity index is 832. The molecule has 1 aromatic carbocycles. The van der Waals surface area contributed by atoms with Crippen molar-refractivity contribution in [2.24, 2.45) is 0 Å². The van der Waals surface area contributed by atoms with Gasteiger partial charge in [-0.2, -0.15) is 18.3 Å². The first-order valence-electron chi connectivity index (χ1n) is 8.20. The fraction of sp³-hybridized carbons (Fsp3) is 0.389. The van der Waals surface area contributed by atoms with Gasteiger partial charge in [-0.15, -0.1) is 0 Å². The van der Waals surface area contributed by atoms with Crippen LogP contribution in [0.25, 0.3) is 0 Å². The molecular formula is C18H20F3N3O3. The molecule has 0 saturated heterocycles. The minimum Gasteiger partial charge on any atom is -0.480 e. The molecule has 146 valence electrons. The topological polar surface area (TPSA) is 75.4 Å². The lowest BCUT2D eigenvalue weighted by atomic mass is 9.97. The van der Waals surface area contributed by atoms with Crippen LogP contribution in [0.3, 0.4) is 0 Å². The molecule has 1 aromatic heterocycles. The van der Waals surface area contributed by atoms with Crippen LogP contribution in [0.5, 0.6) is 0 Å². The van der Waals surface area contributed by atoms with Gasteiger partial charge in [0.05, 0.1) is 11.6 Å². The van der Waals surface area contributed by atoms with Crippen molar-refractivity contribution < 1.29 is 27.9 Å². The quantitative estimate of drug-likeness (QED) is 0.831. The van der Waals surface area contributed by atoms with Gasteiger partial charge in [-0.05, 0) is 32.9 Å². The van der Waals surface area contributed by atoms with Crippen LogP contribution in [0.15, 0.2) is 30.3 Å². The third kappa shape index (κ3) is 4.87. The van der Waals surface area contributed by atoms with Crippen molar-refractivity contribution in [2.75, 3.05) is 11.4 Å². The van der Waals surface area contributed by atoms with Crippen LogP contribution in [0, 0.1) is 13.8 Å². The number of carboxylic acid groups (broad SMARTS) is 1. The van der Waals surface area contributed by atoms with Crippen LogP contribution in [0.2, 0.25) is 0 Å². The number of hydrogen-bond donors (Lipinski definition) is 1. The minimum atomic E-state index is -4.44. The van der Waals surface area contributed by atoms with Crippen molar-refractivity contribution >= 4 is 17.6 Å². The highest BCUT2D eigenvalue weighted by molar-refractivity contribution is 6.01. The summed E-state index contributed by atoms with van der Waals surface area (Å²) in [5.41, 5.74) is 1.31. The highest BCUT2D eigenvalue weighted by Gasteiger charge is 2.33. The Kier molecular flexibility index (Phi) is 5.92. The molecule has 0 aliphatic heterocycles. The molecule has 1 heterocycles. The molecule has 6 nitrogen and oxygen atoms in total. The molecule has 0 bridgehead atoms. The summed E-state index contributed by atoms with van der Waals surface area (Å²) in [7, 11) is 0. The molecule has 1 atom stereocenters. The van der Waals surface area contributed by atoms with Gasteiger partial charge < -0.3 is 10.0 Å². The van der Waals surface area contributed by atoms with E-state index in [9.17, 15) is 22.8 Å². The first kappa shape index (κ1) is 20.5. The number of hydrogen-bond acceptors (Lipinski definition) is 3. The van der Waals surface area contributed by atoms with E-state index in [1.807, 2.05) is 0 Å². The van der Waals surface area contributed by atoms with Gasteiger partial charge in [-0.1, -0.05) is 18.2 Å². The first-order valence-corrected chi connectivity index (χ1v) is 8.20. The minimum absolute atomic E-state index is 0.231. The van der Waals surface area contributed by atoms with Crippen molar-refractivity contribution in [3.05, 3.63) is 47.3 Å². The monoisotopic (exact) mass is 383 g/mol. The summed E-state index contributed by atoms with van der Waals surface area (Å²) >= 11 is 0. The van der Waals surface area contributed by atoms with Gasteiger partial charge in [0.2, 0.25) is 5.91 Å². The zero-order valence-electron chi connectivity index (χ0n) is 15.1. The number of carboxylic acids is 1. The largest absolute Gasteiger partial charge is 0.480 e. The first-order chi connectivity index (χ1) is 12.5. The Balaban J connectivity index is 2.38. The predicted octanol–water partition coefficient (Wildman–Crippen LogP) is 3.28. The second-order valence-electron chi connectivity index (χ2n) is 6.23. The molecule has 0 saturated carbocycles. The third-order valence-electron chi connectivity index (χ3n) is 4.20. The number of rotatable bonds is 6. The Morgan fingerprint density at radius 3 is 2.33 bits per heavy atom. The maximum atomic E-state index is 13.0. The maximum absolute atomic E-state index is 13.0. The van der Waals surface area contributed by atoms with Gasteiger partial charge in [0, 0.05) is 16.9 Å². The number of carbonyl (C=O) groups is 2. The summed E-state index contributed by atoms with van der Waals surface area (Å²) < 4.78 is 39.0. The molecule has 0 fully saturated rings. The standard InChI is InChI=1S/C18H20F3N3O3/c1-11(16-12(2)22-24(13(16)3)10-18(19,20)21)17(27)23(9-15(25)26)14-7-5-4-6-8-14/h4-8,11H,9-10H2,1-3H3,(H,25,26). The van der Waals surface area contributed by atoms with Gasteiger partial charge >= 0.3 is 12.1 Å². The van der Waals surface area contributed by atoms with Crippen molar-refractivity contribution in [3.63, 3.8) is 0 Å². The van der Waals surface area contributed by atoms with Crippen molar-refractivity contribution in [1.29, 1.82) is 0 Å². The fourth-order valence-corrected chi connectivity index (χ4v) is 3.06. The number of aliphatic carboxylic acids is 1. The number of benzene rings is 1. The number of alkyl halides is 3. The van der Waals surface area contributed by atoms with Gasteiger partial charge in [-0.25, -0.2) is 0 Å². The highest BCUT2D eigenvalue weighted by atomic mass is 19.4. The van der Waals surface area contributed by atoms with E-state index in [1.165, 1.54) is 20.8 Å². The second kappa shape index (κ2) is 7.81. The number of aromatic nitrogens is 2. The van der Waals surface area contributed by atoms with E-state index in [0.29, 0.717) is 16.9 Å². The molecular weight excluding hydrogens is 363 g/mol. The van der Waals surface area contributed by atoms with E-state index in [4.69, 9.17) is 5.11 Å². The van der Waals surface area contributed by atoms with Gasteiger partial charge in [0.15, 0.2) is 0 Å². The second-order valence-corrected chi connectivity index (χ2v) is 6.23. The maximum Gasteiger partial charge on any atom is 0.408 e. The Hall–Kier alpha value is -2.84. The van der Waals surface area contributed by atoms with Gasteiger partial charge in [-0.3, -0.25) is 14.3 Å². The average Bonchev–Trinajstić information content (AvgIpc) is 2.84. The Morgan fingerprint density at radius 2 is 1.81 bits per heavy atom. The zero-order valence-corrected chi connectivity index (χ0v) is 15.1. The molecule has 27 heavy (non-hydrogen) atoms. The molecule has 0 aliphatic carbocycles. The predicted molar refractivity (Wildman–Crippen MR) is 92.6 cm³/mol. The molecule has 0 spiro atoms. The van der Waals surface area contributed by atoms with Crippen LogP contribution in [-0.4, -0.2) is 39.5 Å². The van der Waals surface area contributed by atoms with Crippen molar-refractivity contribution in [3.8, 4) is 0 Å². The molecule has 9 heteroatoms.